The van der Waals surface area contributed by atoms with Crippen molar-refractivity contribution in [3.63, 3.8) is 0 Å². The van der Waals surface area contributed by atoms with Crippen molar-refractivity contribution in [2.24, 2.45) is 11.3 Å². The fourth-order valence-corrected chi connectivity index (χ4v) is 3.02. The fraction of sp³-hybridized carbons (Fsp3) is 0.857. The highest BCUT2D eigenvalue weighted by Crippen LogP contribution is 2.41. The Morgan fingerprint density at radius 2 is 2.06 bits per heavy atom. The topological polar surface area (TPSA) is 49.4 Å². The third-order valence-corrected chi connectivity index (χ3v) is 4.73. The summed E-state index contributed by atoms with van der Waals surface area (Å²) in [5.41, 5.74) is -0.495. The van der Waals surface area contributed by atoms with Gasteiger partial charge in [-0.25, -0.2) is 0 Å². The first-order chi connectivity index (χ1) is 8.36. The van der Waals surface area contributed by atoms with Crippen molar-refractivity contribution in [2.75, 3.05) is 6.54 Å². The molecule has 2 rings (SSSR count). The molecule has 18 heavy (non-hydrogen) atoms. The van der Waals surface area contributed by atoms with Gasteiger partial charge in [-0.2, -0.15) is 0 Å². The van der Waals surface area contributed by atoms with E-state index < -0.39 is 5.41 Å². The Labute approximate surface area is 109 Å². The van der Waals surface area contributed by atoms with Crippen LogP contribution in [0.1, 0.15) is 47.0 Å². The number of imide groups is 1. The second-order valence-electron chi connectivity index (χ2n) is 6.35. The third-order valence-electron chi connectivity index (χ3n) is 4.73. The van der Waals surface area contributed by atoms with E-state index in [9.17, 15) is 9.59 Å². The van der Waals surface area contributed by atoms with Gasteiger partial charge in [0, 0.05) is 18.5 Å². The Balaban J connectivity index is 2.19. The van der Waals surface area contributed by atoms with Crippen LogP contribution in [0.2, 0.25) is 0 Å². The van der Waals surface area contributed by atoms with Gasteiger partial charge in [-0.1, -0.05) is 13.8 Å². The number of amides is 2. The van der Waals surface area contributed by atoms with Crippen molar-refractivity contribution in [1.29, 1.82) is 0 Å². The van der Waals surface area contributed by atoms with Crippen LogP contribution in [0, 0.1) is 11.3 Å². The number of nitrogens with one attached hydrogen (secondary N) is 1. The van der Waals surface area contributed by atoms with Gasteiger partial charge in [0.25, 0.3) is 0 Å². The van der Waals surface area contributed by atoms with Crippen molar-refractivity contribution >= 4 is 11.8 Å². The quantitative estimate of drug-likeness (QED) is 0.759. The van der Waals surface area contributed by atoms with Gasteiger partial charge < -0.3 is 5.32 Å². The number of nitrogens with zero attached hydrogens (tertiary/aromatic N) is 1. The number of rotatable bonds is 2. The van der Waals surface area contributed by atoms with E-state index in [4.69, 9.17) is 0 Å². The third kappa shape index (κ3) is 2.07. The zero-order chi connectivity index (χ0) is 13.5. The molecular formula is C14H24N2O2. The van der Waals surface area contributed by atoms with Crippen LogP contribution in [-0.4, -0.2) is 35.3 Å². The maximum absolute atomic E-state index is 12.6. The summed E-state index contributed by atoms with van der Waals surface area (Å²) in [5, 5.41) is 3.36. The zero-order valence-electron chi connectivity index (χ0n) is 11.8. The van der Waals surface area contributed by atoms with Crippen LogP contribution < -0.4 is 5.32 Å². The average molecular weight is 252 g/mol. The Morgan fingerprint density at radius 1 is 1.39 bits per heavy atom. The van der Waals surface area contributed by atoms with Gasteiger partial charge in [0.05, 0.1) is 5.41 Å². The summed E-state index contributed by atoms with van der Waals surface area (Å²) < 4.78 is 0. The van der Waals surface area contributed by atoms with Crippen LogP contribution in [0.15, 0.2) is 0 Å². The molecule has 102 valence electrons. The first-order valence-electron chi connectivity index (χ1n) is 6.96. The normalized spacial score (nSPS) is 37.7. The molecule has 1 N–H and O–H groups in total. The minimum absolute atomic E-state index is 0.0234. The van der Waals surface area contributed by atoms with Crippen LogP contribution in [0.5, 0.6) is 0 Å². The minimum atomic E-state index is -0.495. The monoisotopic (exact) mass is 252 g/mol. The summed E-state index contributed by atoms with van der Waals surface area (Å²) in [6.45, 7) is 8.99. The van der Waals surface area contributed by atoms with Crippen LogP contribution in [0.4, 0.5) is 0 Å². The van der Waals surface area contributed by atoms with Gasteiger partial charge in [-0.05, 0) is 39.2 Å². The van der Waals surface area contributed by atoms with Crippen molar-refractivity contribution in [2.45, 2.75) is 59.0 Å². The van der Waals surface area contributed by atoms with E-state index >= 15 is 0 Å². The molecule has 2 aliphatic rings. The molecule has 4 heteroatoms. The number of carbonyl (C=O) groups excluding carboxylic acids is 2. The highest BCUT2D eigenvalue weighted by atomic mass is 16.2. The zero-order valence-corrected chi connectivity index (χ0v) is 11.8. The molecule has 0 saturated carbocycles. The standard InChI is InChI=1S/C14H24N2O2/c1-9(2)14(4)8-12(17)16(13(14)18)11-5-6-15-10(3)7-11/h9-11,15H,5-8H2,1-4H3. The lowest BCUT2D eigenvalue weighted by Gasteiger charge is -2.35. The molecule has 3 unspecified atom stereocenters. The number of piperidine rings is 1. The van der Waals surface area contributed by atoms with Gasteiger partial charge in [0.1, 0.15) is 0 Å². The van der Waals surface area contributed by atoms with E-state index in [0.717, 1.165) is 19.4 Å². The fourth-order valence-electron chi connectivity index (χ4n) is 3.02. The smallest absolute Gasteiger partial charge is 0.236 e. The molecule has 2 fully saturated rings. The lowest BCUT2D eigenvalue weighted by molar-refractivity contribution is -0.145. The molecule has 0 aromatic carbocycles. The number of carbonyl (C=O) groups is 2. The first kappa shape index (κ1) is 13.5. The molecule has 2 saturated heterocycles. The molecule has 0 aromatic heterocycles. The summed E-state index contributed by atoms with van der Waals surface area (Å²) in [4.78, 5) is 26.3. The Hall–Kier alpha value is -0.900. The second kappa shape index (κ2) is 4.65. The highest BCUT2D eigenvalue weighted by Gasteiger charge is 2.52. The largest absolute Gasteiger partial charge is 0.314 e. The van der Waals surface area contributed by atoms with E-state index in [1.54, 1.807) is 4.90 Å². The van der Waals surface area contributed by atoms with Crippen LogP contribution in [-0.2, 0) is 9.59 Å². The molecular weight excluding hydrogens is 228 g/mol. The van der Waals surface area contributed by atoms with Gasteiger partial charge in [-0.3, -0.25) is 14.5 Å². The second-order valence-corrected chi connectivity index (χ2v) is 6.35. The molecule has 0 radical (unpaired) electrons. The summed E-state index contributed by atoms with van der Waals surface area (Å²) in [6.07, 6.45) is 2.14. The van der Waals surface area contributed by atoms with Crippen molar-refractivity contribution in [3.05, 3.63) is 0 Å². The van der Waals surface area contributed by atoms with Crippen LogP contribution >= 0.6 is 0 Å². The Kier molecular flexibility index (Phi) is 3.49. The molecule has 0 aromatic rings. The molecule has 2 aliphatic heterocycles. The molecule has 2 amide bonds. The van der Waals surface area contributed by atoms with Gasteiger partial charge in [0.15, 0.2) is 0 Å². The number of hydrogen-bond acceptors (Lipinski definition) is 3. The molecule has 0 spiro atoms. The van der Waals surface area contributed by atoms with E-state index in [1.165, 1.54) is 0 Å². The lowest BCUT2D eigenvalue weighted by Crippen LogP contribution is -2.50. The molecule has 2 heterocycles. The van der Waals surface area contributed by atoms with Crippen molar-refractivity contribution in [3.8, 4) is 0 Å². The maximum Gasteiger partial charge on any atom is 0.236 e. The van der Waals surface area contributed by atoms with Crippen molar-refractivity contribution < 1.29 is 9.59 Å². The van der Waals surface area contributed by atoms with Crippen LogP contribution in [0.3, 0.4) is 0 Å². The van der Waals surface area contributed by atoms with E-state index in [1.807, 2.05) is 20.8 Å². The molecule has 3 atom stereocenters. The summed E-state index contributed by atoms with van der Waals surface area (Å²) >= 11 is 0. The predicted octanol–water partition coefficient (Wildman–Crippen LogP) is 1.55. The summed E-state index contributed by atoms with van der Waals surface area (Å²) in [6, 6.07) is 0.483. The number of likely N-dealkylation sites (tertiary alicyclic amines) is 1. The molecule has 0 bridgehead atoms. The van der Waals surface area contributed by atoms with E-state index in [-0.39, 0.29) is 23.8 Å². The molecule has 4 nitrogen and oxygen atoms in total. The lowest BCUT2D eigenvalue weighted by atomic mass is 9.77. The maximum atomic E-state index is 12.6. The van der Waals surface area contributed by atoms with Gasteiger partial charge in [0.2, 0.25) is 11.8 Å². The van der Waals surface area contributed by atoms with Crippen LogP contribution in [0.25, 0.3) is 0 Å². The first-order valence-corrected chi connectivity index (χ1v) is 6.96. The Bertz CT molecular complexity index is 367. The van der Waals surface area contributed by atoms with Gasteiger partial charge >= 0.3 is 0 Å². The van der Waals surface area contributed by atoms with E-state index in [0.29, 0.717) is 12.5 Å². The van der Waals surface area contributed by atoms with Gasteiger partial charge in [-0.15, -0.1) is 0 Å². The number of hydrogen-bond donors (Lipinski definition) is 1. The highest BCUT2D eigenvalue weighted by molar-refractivity contribution is 6.06. The SMILES string of the molecule is CC1CC(N2C(=O)CC(C)(C(C)C)C2=O)CCN1. The Morgan fingerprint density at radius 3 is 2.56 bits per heavy atom. The molecule has 0 aliphatic carbocycles. The van der Waals surface area contributed by atoms with E-state index in [2.05, 4.69) is 12.2 Å². The summed E-state index contributed by atoms with van der Waals surface area (Å²) in [7, 11) is 0. The predicted molar refractivity (Wildman–Crippen MR) is 69.9 cm³/mol. The average Bonchev–Trinajstić information content (AvgIpc) is 2.51. The minimum Gasteiger partial charge on any atom is -0.314 e. The summed E-state index contributed by atoms with van der Waals surface area (Å²) in [5.74, 6) is 0.273. The van der Waals surface area contributed by atoms with Crippen molar-refractivity contribution in [1.82, 2.24) is 10.2 Å².